The predicted molar refractivity (Wildman–Crippen MR) is 63.6 cm³/mol. The molecule has 92 valence electrons. The number of amides is 2. The summed E-state index contributed by atoms with van der Waals surface area (Å²) in [5.74, 6) is 4.33. The number of hydrogen-bond donors (Lipinski definition) is 3. The number of nitrogen functional groups attached to an aromatic ring is 1. The maximum atomic E-state index is 11.5. The Hall–Kier alpha value is -1.92. The molecule has 0 radical (unpaired) electrons. The first-order chi connectivity index (χ1) is 8.04. The predicted octanol–water partition coefficient (Wildman–Crippen LogP) is -0.793. The molecule has 0 unspecified atom stereocenters. The highest BCUT2D eigenvalue weighted by Crippen LogP contribution is 2.10. The van der Waals surface area contributed by atoms with Crippen LogP contribution in [0.2, 0.25) is 0 Å². The molecule has 0 aliphatic carbocycles. The van der Waals surface area contributed by atoms with Gasteiger partial charge in [0.1, 0.15) is 0 Å². The quantitative estimate of drug-likeness (QED) is 0.354. The molecule has 1 rings (SSSR count). The number of carbonyl (C=O) groups is 2. The van der Waals surface area contributed by atoms with Crippen molar-refractivity contribution in [2.45, 2.75) is 6.54 Å². The number of likely N-dealkylation sites (N-methyl/N-ethyl adjacent to an activating group) is 1. The van der Waals surface area contributed by atoms with Gasteiger partial charge in [0, 0.05) is 12.1 Å². The van der Waals surface area contributed by atoms with Gasteiger partial charge in [0.15, 0.2) is 0 Å². The van der Waals surface area contributed by atoms with Crippen LogP contribution in [0.3, 0.4) is 0 Å². The fourth-order valence-electron chi connectivity index (χ4n) is 1.57. The molecule has 0 heterocycles. The van der Waals surface area contributed by atoms with E-state index in [0.29, 0.717) is 12.1 Å². The molecule has 1 aromatic rings. The van der Waals surface area contributed by atoms with E-state index in [0.717, 1.165) is 5.56 Å². The maximum Gasteiger partial charge on any atom is 0.265 e. The van der Waals surface area contributed by atoms with Crippen molar-refractivity contribution in [1.29, 1.82) is 0 Å². The highest BCUT2D eigenvalue weighted by Gasteiger charge is 2.11. The summed E-state index contributed by atoms with van der Waals surface area (Å²) < 4.78 is 0. The molecular weight excluding hydrogens is 220 g/mol. The highest BCUT2D eigenvalue weighted by molar-refractivity contribution is 5.95. The minimum Gasteiger partial charge on any atom is -0.369 e. The smallest absolute Gasteiger partial charge is 0.265 e. The summed E-state index contributed by atoms with van der Waals surface area (Å²) in [5.41, 5.74) is 8.46. The lowest BCUT2D eigenvalue weighted by atomic mass is 10.1. The van der Waals surface area contributed by atoms with Gasteiger partial charge in [-0.2, -0.15) is 0 Å². The molecule has 0 saturated carbocycles. The summed E-state index contributed by atoms with van der Waals surface area (Å²) in [4.78, 5) is 24.0. The molecule has 0 aromatic heterocycles. The van der Waals surface area contributed by atoms with Crippen molar-refractivity contribution in [3.8, 4) is 0 Å². The summed E-state index contributed by atoms with van der Waals surface area (Å²) >= 11 is 0. The molecule has 0 saturated heterocycles. The fourth-order valence-corrected chi connectivity index (χ4v) is 1.57. The van der Waals surface area contributed by atoms with Gasteiger partial charge in [0.25, 0.3) is 5.91 Å². The molecule has 1 aromatic carbocycles. The zero-order valence-electron chi connectivity index (χ0n) is 9.64. The normalized spacial score (nSPS) is 10.3. The first-order valence-electron chi connectivity index (χ1n) is 5.10. The van der Waals surface area contributed by atoms with E-state index in [9.17, 15) is 9.59 Å². The summed E-state index contributed by atoms with van der Waals surface area (Å²) in [5, 5.41) is 0. The molecular formula is C11H16N4O2. The van der Waals surface area contributed by atoms with Gasteiger partial charge in [0.2, 0.25) is 5.91 Å². The van der Waals surface area contributed by atoms with Crippen molar-refractivity contribution < 1.29 is 9.59 Å². The molecule has 17 heavy (non-hydrogen) atoms. The zero-order valence-corrected chi connectivity index (χ0v) is 9.64. The van der Waals surface area contributed by atoms with Crippen LogP contribution in [0.1, 0.15) is 15.9 Å². The van der Waals surface area contributed by atoms with E-state index in [1.54, 1.807) is 24.1 Å². The van der Waals surface area contributed by atoms with E-state index < -0.39 is 5.91 Å². The molecule has 0 atom stereocenters. The Morgan fingerprint density at radius 3 is 2.59 bits per heavy atom. The van der Waals surface area contributed by atoms with Crippen molar-refractivity contribution in [3.63, 3.8) is 0 Å². The topological polar surface area (TPSA) is 101 Å². The number of carbonyl (C=O) groups excluding carboxylic acids is 2. The van der Waals surface area contributed by atoms with Gasteiger partial charge >= 0.3 is 0 Å². The van der Waals surface area contributed by atoms with Crippen LogP contribution in [0.4, 0.5) is 0 Å². The SMILES string of the molecule is CN(CC(N)=O)Cc1ccccc1C(=O)NN. The standard InChI is InChI=1S/C11H16N4O2/c1-15(7-10(12)16)6-8-4-2-3-5-9(8)11(17)14-13/h2-5H,6-7,13H2,1H3,(H2,12,16)(H,14,17). The number of hydrazine groups is 1. The number of rotatable bonds is 5. The van der Waals surface area contributed by atoms with Crippen molar-refractivity contribution in [2.75, 3.05) is 13.6 Å². The van der Waals surface area contributed by atoms with Gasteiger partial charge in [-0.1, -0.05) is 18.2 Å². The van der Waals surface area contributed by atoms with E-state index in [4.69, 9.17) is 11.6 Å². The third kappa shape index (κ3) is 3.86. The van der Waals surface area contributed by atoms with Gasteiger partial charge in [-0.3, -0.25) is 19.9 Å². The van der Waals surface area contributed by atoms with Crippen LogP contribution >= 0.6 is 0 Å². The van der Waals surface area contributed by atoms with Crippen LogP contribution in [0.5, 0.6) is 0 Å². The van der Waals surface area contributed by atoms with Crippen LogP contribution < -0.4 is 17.0 Å². The van der Waals surface area contributed by atoms with Crippen molar-refractivity contribution >= 4 is 11.8 Å². The van der Waals surface area contributed by atoms with Gasteiger partial charge in [-0.25, -0.2) is 5.84 Å². The van der Waals surface area contributed by atoms with Crippen LogP contribution in [-0.4, -0.2) is 30.3 Å². The van der Waals surface area contributed by atoms with E-state index in [-0.39, 0.29) is 12.5 Å². The van der Waals surface area contributed by atoms with Crippen molar-refractivity contribution in [2.24, 2.45) is 11.6 Å². The lowest BCUT2D eigenvalue weighted by Gasteiger charge is -2.16. The third-order valence-electron chi connectivity index (χ3n) is 2.26. The van der Waals surface area contributed by atoms with E-state index in [1.807, 2.05) is 12.1 Å². The molecule has 2 amide bonds. The van der Waals surface area contributed by atoms with Crippen molar-refractivity contribution in [3.05, 3.63) is 35.4 Å². The number of nitrogens with two attached hydrogens (primary N) is 2. The monoisotopic (exact) mass is 236 g/mol. The molecule has 0 aliphatic rings. The molecule has 0 bridgehead atoms. The first kappa shape index (κ1) is 13.1. The molecule has 0 spiro atoms. The average Bonchev–Trinajstić information content (AvgIpc) is 2.27. The van der Waals surface area contributed by atoms with Crippen LogP contribution in [0.15, 0.2) is 24.3 Å². The molecule has 0 aliphatic heterocycles. The maximum absolute atomic E-state index is 11.5. The fraction of sp³-hybridized carbons (Fsp3) is 0.273. The number of benzene rings is 1. The van der Waals surface area contributed by atoms with Gasteiger partial charge in [0.05, 0.1) is 6.54 Å². The Kier molecular flexibility index (Phi) is 4.62. The molecule has 0 fully saturated rings. The lowest BCUT2D eigenvalue weighted by molar-refractivity contribution is -0.118. The summed E-state index contributed by atoms with van der Waals surface area (Å²) in [6.45, 7) is 0.588. The number of nitrogens with one attached hydrogen (secondary N) is 1. The first-order valence-corrected chi connectivity index (χ1v) is 5.10. The minimum absolute atomic E-state index is 0.137. The van der Waals surface area contributed by atoms with E-state index in [2.05, 4.69) is 5.43 Å². The largest absolute Gasteiger partial charge is 0.369 e. The van der Waals surface area contributed by atoms with Gasteiger partial charge in [-0.05, 0) is 18.7 Å². The number of primary amides is 1. The Morgan fingerprint density at radius 2 is 2.00 bits per heavy atom. The third-order valence-corrected chi connectivity index (χ3v) is 2.26. The second-order valence-electron chi connectivity index (χ2n) is 3.77. The summed E-state index contributed by atoms with van der Waals surface area (Å²) in [6.07, 6.45) is 0. The minimum atomic E-state index is -0.409. The molecule has 6 heteroatoms. The number of hydrogen-bond acceptors (Lipinski definition) is 4. The summed E-state index contributed by atoms with van der Waals surface area (Å²) in [7, 11) is 1.75. The van der Waals surface area contributed by atoms with Crippen molar-refractivity contribution in [1.82, 2.24) is 10.3 Å². The Morgan fingerprint density at radius 1 is 1.35 bits per heavy atom. The summed E-state index contributed by atoms with van der Waals surface area (Å²) in [6, 6.07) is 7.06. The van der Waals surface area contributed by atoms with Crippen LogP contribution in [-0.2, 0) is 11.3 Å². The second-order valence-corrected chi connectivity index (χ2v) is 3.77. The van der Waals surface area contributed by atoms with E-state index >= 15 is 0 Å². The number of nitrogens with zero attached hydrogens (tertiary/aromatic N) is 1. The Balaban J connectivity index is 2.83. The van der Waals surface area contributed by atoms with Gasteiger partial charge in [-0.15, -0.1) is 0 Å². The van der Waals surface area contributed by atoms with Crippen LogP contribution in [0.25, 0.3) is 0 Å². The second kappa shape index (κ2) is 5.97. The Bertz CT molecular complexity index is 420. The van der Waals surface area contributed by atoms with Gasteiger partial charge < -0.3 is 5.73 Å². The molecule has 6 nitrogen and oxygen atoms in total. The zero-order chi connectivity index (χ0) is 12.8. The molecule has 5 N–H and O–H groups in total. The Labute approximate surface area is 99.5 Å². The highest BCUT2D eigenvalue weighted by atomic mass is 16.2. The average molecular weight is 236 g/mol. The lowest BCUT2D eigenvalue weighted by Crippen LogP contribution is -2.33. The van der Waals surface area contributed by atoms with E-state index in [1.165, 1.54) is 0 Å². The van der Waals surface area contributed by atoms with Crippen LogP contribution in [0, 0.1) is 0 Å².